The first-order chi connectivity index (χ1) is 12.0. The second-order valence-electron chi connectivity index (χ2n) is 6.27. The number of nitriles is 1. The van der Waals surface area contributed by atoms with Crippen LogP contribution in [0, 0.1) is 18.3 Å². The molecule has 0 spiro atoms. The smallest absolute Gasteiger partial charge is 0.277 e. The van der Waals surface area contributed by atoms with E-state index in [1.807, 2.05) is 6.92 Å². The number of aryl methyl sites for hydroxylation is 1. The van der Waals surface area contributed by atoms with Gasteiger partial charge < -0.3 is 14.2 Å². The van der Waals surface area contributed by atoms with Crippen molar-refractivity contribution < 1.29 is 13.6 Å². The van der Waals surface area contributed by atoms with E-state index in [-0.39, 0.29) is 5.91 Å². The van der Waals surface area contributed by atoms with Crippen molar-refractivity contribution in [1.29, 1.82) is 5.26 Å². The topological polar surface area (TPSA) is 105 Å². The van der Waals surface area contributed by atoms with Crippen molar-refractivity contribution in [2.24, 2.45) is 0 Å². The number of rotatable bonds is 5. The Kier molecular flexibility index (Phi) is 5.13. The summed E-state index contributed by atoms with van der Waals surface area (Å²) in [5.41, 5.74) is 0.0000150. The van der Waals surface area contributed by atoms with Gasteiger partial charge in [0, 0.05) is 0 Å². The molecule has 0 radical (unpaired) electrons. The standard InChI is InChI=1S/C17H20N4O3S/c1-11-13(6-9-23-11)15-20-21-16(24-15)25-12(2)14(22)19-17(10-18)7-4-3-5-8-17/h6,9,12H,3-5,7-8H2,1-2H3,(H,19,22)/t12-/m0/s1. The van der Waals surface area contributed by atoms with Gasteiger partial charge in [-0.2, -0.15) is 5.26 Å². The molecule has 1 N–H and O–H groups in total. The second kappa shape index (κ2) is 7.31. The van der Waals surface area contributed by atoms with E-state index in [0.717, 1.165) is 24.8 Å². The molecule has 132 valence electrons. The first-order valence-corrected chi connectivity index (χ1v) is 9.19. The van der Waals surface area contributed by atoms with Crippen LogP contribution in [0.1, 0.15) is 44.8 Å². The van der Waals surface area contributed by atoms with Gasteiger partial charge in [-0.3, -0.25) is 4.79 Å². The van der Waals surface area contributed by atoms with E-state index in [2.05, 4.69) is 21.6 Å². The van der Waals surface area contributed by atoms with E-state index in [0.29, 0.717) is 29.7 Å². The number of aromatic nitrogens is 2. The van der Waals surface area contributed by atoms with Gasteiger partial charge >= 0.3 is 0 Å². The fourth-order valence-electron chi connectivity index (χ4n) is 2.94. The van der Waals surface area contributed by atoms with Gasteiger partial charge in [0.1, 0.15) is 11.3 Å². The number of carbonyl (C=O) groups is 1. The molecular formula is C17H20N4O3S. The SMILES string of the molecule is Cc1occc1-c1nnc(S[C@@H](C)C(=O)NC2(C#N)CCCCC2)o1. The van der Waals surface area contributed by atoms with Crippen molar-refractivity contribution in [3.63, 3.8) is 0 Å². The summed E-state index contributed by atoms with van der Waals surface area (Å²) in [5, 5.41) is 20.2. The molecular weight excluding hydrogens is 340 g/mol. The molecule has 0 unspecified atom stereocenters. The predicted molar refractivity (Wildman–Crippen MR) is 91.6 cm³/mol. The molecule has 25 heavy (non-hydrogen) atoms. The van der Waals surface area contributed by atoms with Gasteiger partial charge in [-0.25, -0.2) is 0 Å². The lowest BCUT2D eigenvalue weighted by molar-refractivity contribution is -0.122. The van der Waals surface area contributed by atoms with Crippen molar-refractivity contribution in [3.8, 4) is 17.5 Å². The van der Waals surface area contributed by atoms with Crippen molar-refractivity contribution in [2.75, 3.05) is 0 Å². The summed E-state index contributed by atoms with van der Waals surface area (Å²) >= 11 is 1.18. The number of carbonyl (C=O) groups excluding carboxylic acids is 1. The van der Waals surface area contributed by atoms with E-state index < -0.39 is 10.8 Å². The third-order valence-corrected chi connectivity index (χ3v) is 5.36. The molecule has 1 atom stereocenters. The summed E-state index contributed by atoms with van der Waals surface area (Å²) in [6.07, 6.45) is 6.01. The van der Waals surface area contributed by atoms with E-state index >= 15 is 0 Å². The van der Waals surface area contributed by atoms with Gasteiger partial charge in [-0.15, -0.1) is 10.2 Å². The molecule has 0 saturated heterocycles. The van der Waals surface area contributed by atoms with Gasteiger partial charge in [-0.1, -0.05) is 31.0 Å². The van der Waals surface area contributed by atoms with Crippen molar-refractivity contribution in [3.05, 3.63) is 18.1 Å². The van der Waals surface area contributed by atoms with Gasteiger partial charge in [0.15, 0.2) is 0 Å². The molecule has 8 heteroatoms. The second-order valence-corrected chi connectivity index (χ2v) is 7.56. The fourth-order valence-corrected chi connectivity index (χ4v) is 3.62. The largest absolute Gasteiger partial charge is 0.469 e. The molecule has 0 aliphatic heterocycles. The lowest BCUT2D eigenvalue weighted by Crippen LogP contribution is -2.50. The summed E-state index contributed by atoms with van der Waals surface area (Å²) in [6, 6.07) is 4.05. The molecule has 1 fully saturated rings. The van der Waals surface area contributed by atoms with Gasteiger partial charge in [0.05, 0.1) is 23.1 Å². The first kappa shape index (κ1) is 17.5. The zero-order chi connectivity index (χ0) is 17.9. The molecule has 2 aromatic rings. The van der Waals surface area contributed by atoms with Crippen LogP contribution in [0.3, 0.4) is 0 Å². The van der Waals surface area contributed by atoms with Crippen molar-refractivity contribution >= 4 is 17.7 Å². The van der Waals surface area contributed by atoms with E-state index in [9.17, 15) is 10.1 Å². The average molecular weight is 360 g/mol. The summed E-state index contributed by atoms with van der Waals surface area (Å²) in [6.45, 7) is 3.58. The molecule has 1 saturated carbocycles. The molecule has 1 amide bonds. The molecule has 0 bridgehead atoms. The van der Waals surface area contributed by atoms with Gasteiger partial charge in [0.2, 0.25) is 5.91 Å². The Labute approximate surface area is 150 Å². The fraction of sp³-hybridized carbons (Fsp3) is 0.529. The minimum absolute atomic E-state index is 0.187. The molecule has 7 nitrogen and oxygen atoms in total. The molecule has 1 aliphatic rings. The van der Waals surface area contributed by atoms with Crippen LogP contribution >= 0.6 is 11.8 Å². The number of amides is 1. The van der Waals surface area contributed by atoms with Crippen LogP contribution in [0.5, 0.6) is 0 Å². The van der Waals surface area contributed by atoms with Crippen LogP contribution in [0.25, 0.3) is 11.5 Å². The lowest BCUT2D eigenvalue weighted by Gasteiger charge is -2.32. The van der Waals surface area contributed by atoms with Crippen LogP contribution in [-0.4, -0.2) is 26.9 Å². The zero-order valence-electron chi connectivity index (χ0n) is 14.2. The third kappa shape index (κ3) is 3.87. The molecule has 0 aromatic carbocycles. The highest BCUT2D eigenvalue weighted by Crippen LogP contribution is 2.30. The Balaban J connectivity index is 1.63. The Bertz CT molecular complexity index is 786. The zero-order valence-corrected chi connectivity index (χ0v) is 15.1. The summed E-state index contributed by atoms with van der Waals surface area (Å²) in [4.78, 5) is 12.5. The van der Waals surface area contributed by atoms with Crippen LogP contribution in [0.15, 0.2) is 26.4 Å². The highest BCUT2D eigenvalue weighted by atomic mass is 32.2. The van der Waals surface area contributed by atoms with Crippen LogP contribution in [0.4, 0.5) is 0 Å². The van der Waals surface area contributed by atoms with Crippen LogP contribution in [-0.2, 0) is 4.79 Å². The molecule has 1 aliphatic carbocycles. The first-order valence-electron chi connectivity index (χ1n) is 8.31. The minimum Gasteiger partial charge on any atom is -0.469 e. The third-order valence-electron chi connectivity index (χ3n) is 4.43. The number of nitrogens with zero attached hydrogens (tertiary/aromatic N) is 3. The Morgan fingerprint density at radius 2 is 2.16 bits per heavy atom. The monoisotopic (exact) mass is 360 g/mol. The maximum absolute atomic E-state index is 12.5. The van der Waals surface area contributed by atoms with E-state index in [1.54, 1.807) is 19.3 Å². The Morgan fingerprint density at radius 3 is 2.80 bits per heavy atom. The number of thioether (sulfide) groups is 1. The van der Waals surface area contributed by atoms with Crippen LogP contribution in [0.2, 0.25) is 0 Å². The summed E-state index contributed by atoms with van der Waals surface area (Å²) < 4.78 is 10.8. The van der Waals surface area contributed by atoms with Gasteiger partial charge in [-0.05, 0) is 32.8 Å². The molecule has 2 aromatic heterocycles. The van der Waals surface area contributed by atoms with E-state index in [1.165, 1.54) is 11.8 Å². The number of furan rings is 1. The minimum atomic E-state index is -0.738. The Hall–Kier alpha value is -2.27. The molecule has 3 rings (SSSR count). The maximum atomic E-state index is 12.5. The van der Waals surface area contributed by atoms with E-state index in [4.69, 9.17) is 8.83 Å². The number of hydrogen-bond donors (Lipinski definition) is 1. The average Bonchev–Trinajstić information content (AvgIpc) is 3.24. The Morgan fingerprint density at radius 1 is 1.40 bits per heavy atom. The number of nitrogens with one attached hydrogen (secondary N) is 1. The van der Waals surface area contributed by atoms with Crippen LogP contribution < -0.4 is 5.32 Å². The molecule has 2 heterocycles. The highest BCUT2D eigenvalue weighted by Gasteiger charge is 2.35. The maximum Gasteiger partial charge on any atom is 0.277 e. The van der Waals surface area contributed by atoms with Gasteiger partial charge in [0.25, 0.3) is 11.1 Å². The normalized spacial score (nSPS) is 17.6. The summed E-state index contributed by atoms with van der Waals surface area (Å²) in [7, 11) is 0. The lowest BCUT2D eigenvalue weighted by atomic mass is 9.83. The quantitative estimate of drug-likeness (QED) is 0.814. The summed E-state index contributed by atoms with van der Waals surface area (Å²) in [5.74, 6) is 0.870. The highest BCUT2D eigenvalue weighted by molar-refractivity contribution is 8.00. The number of hydrogen-bond acceptors (Lipinski definition) is 7. The predicted octanol–water partition coefficient (Wildman–Crippen LogP) is 3.46. The van der Waals surface area contributed by atoms with Crippen molar-refractivity contribution in [2.45, 2.75) is 62.0 Å². The van der Waals surface area contributed by atoms with Crippen molar-refractivity contribution in [1.82, 2.24) is 15.5 Å².